The van der Waals surface area contributed by atoms with Crippen LogP contribution in [0, 0.1) is 15.9 Å². The molecule has 0 fully saturated rings. The largest absolute Gasteiger partial charge is 0.462 e. The van der Waals surface area contributed by atoms with Gasteiger partial charge in [0.05, 0.1) is 17.1 Å². The zero-order valence-corrected chi connectivity index (χ0v) is 16.9. The lowest BCUT2D eigenvalue weighted by atomic mass is 10.1. The van der Waals surface area contributed by atoms with Gasteiger partial charge in [-0.1, -0.05) is 15.9 Å². The van der Waals surface area contributed by atoms with Crippen LogP contribution in [0.3, 0.4) is 0 Å². The van der Waals surface area contributed by atoms with E-state index in [4.69, 9.17) is 4.74 Å². The molecule has 0 saturated carbocycles. The first-order valence-electron chi connectivity index (χ1n) is 8.46. The third-order valence-corrected chi connectivity index (χ3v) is 4.42. The number of nitro benzene ring substituents is 1. The molecule has 148 valence electrons. The molecule has 0 heterocycles. The quantitative estimate of drug-likeness (QED) is 0.354. The molecule has 0 spiro atoms. The first-order valence-corrected chi connectivity index (χ1v) is 9.25. The average molecular weight is 453 g/mol. The SMILES string of the molecule is CCOC(=O)c1cc(C(=O)N(CC)Cc2cc(Br)ccc2F)cc([N+](=O)[O-])c1. The fraction of sp³-hybridized carbons (Fsp3) is 0.263. The van der Waals surface area contributed by atoms with Crippen molar-refractivity contribution in [3.8, 4) is 0 Å². The Labute approximate surface area is 169 Å². The van der Waals surface area contributed by atoms with Gasteiger partial charge in [0, 0.05) is 40.8 Å². The second kappa shape index (κ2) is 9.41. The van der Waals surface area contributed by atoms with Gasteiger partial charge in [-0.2, -0.15) is 0 Å². The van der Waals surface area contributed by atoms with Crippen LogP contribution in [0.15, 0.2) is 40.9 Å². The predicted octanol–water partition coefficient (Wildman–Crippen LogP) is 4.34. The third kappa shape index (κ3) is 5.13. The van der Waals surface area contributed by atoms with Crippen molar-refractivity contribution < 1.29 is 23.6 Å². The first-order chi connectivity index (χ1) is 13.3. The van der Waals surface area contributed by atoms with Crippen molar-refractivity contribution >= 4 is 33.5 Å². The summed E-state index contributed by atoms with van der Waals surface area (Å²) in [4.78, 5) is 36.7. The number of hydrogen-bond acceptors (Lipinski definition) is 5. The maximum atomic E-state index is 14.0. The Balaban J connectivity index is 2.40. The van der Waals surface area contributed by atoms with Crippen LogP contribution >= 0.6 is 15.9 Å². The fourth-order valence-corrected chi connectivity index (χ4v) is 2.96. The van der Waals surface area contributed by atoms with E-state index in [1.165, 1.54) is 17.0 Å². The molecule has 2 rings (SSSR count). The molecule has 28 heavy (non-hydrogen) atoms. The topological polar surface area (TPSA) is 89.8 Å². The van der Waals surface area contributed by atoms with Gasteiger partial charge >= 0.3 is 5.97 Å². The summed E-state index contributed by atoms with van der Waals surface area (Å²) in [5, 5.41) is 11.2. The van der Waals surface area contributed by atoms with Gasteiger partial charge in [-0.15, -0.1) is 0 Å². The molecule has 0 aromatic heterocycles. The monoisotopic (exact) mass is 452 g/mol. The number of halogens is 2. The molecule has 0 N–H and O–H groups in total. The van der Waals surface area contributed by atoms with Crippen LogP contribution in [-0.2, 0) is 11.3 Å². The Morgan fingerprint density at radius 3 is 2.46 bits per heavy atom. The maximum absolute atomic E-state index is 14.0. The van der Waals surface area contributed by atoms with Gasteiger partial charge in [-0.25, -0.2) is 9.18 Å². The van der Waals surface area contributed by atoms with Crippen molar-refractivity contribution in [3.63, 3.8) is 0 Å². The van der Waals surface area contributed by atoms with E-state index in [1.807, 2.05) is 0 Å². The minimum atomic E-state index is -0.763. The van der Waals surface area contributed by atoms with E-state index in [9.17, 15) is 24.1 Å². The third-order valence-electron chi connectivity index (χ3n) is 3.92. The number of nitrogens with zero attached hydrogens (tertiary/aromatic N) is 2. The molecule has 7 nitrogen and oxygen atoms in total. The van der Waals surface area contributed by atoms with E-state index in [1.54, 1.807) is 26.0 Å². The minimum absolute atomic E-state index is 0.0297. The van der Waals surface area contributed by atoms with Gasteiger partial charge < -0.3 is 9.64 Å². The molecule has 2 aromatic carbocycles. The molecule has 0 atom stereocenters. The number of benzene rings is 2. The van der Waals surface area contributed by atoms with Gasteiger partial charge in [0.25, 0.3) is 11.6 Å². The van der Waals surface area contributed by atoms with Crippen molar-refractivity contribution in [2.75, 3.05) is 13.2 Å². The summed E-state index contributed by atoms with van der Waals surface area (Å²) in [7, 11) is 0. The normalized spacial score (nSPS) is 10.4. The summed E-state index contributed by atoms with van der Waals surface area (Å²) in [5.41, 5.74) is -0.252. The van der Waals surface area contributed by atoms with Crippen LogP contribution in [0.2, 0.25) is 0 Å². The number of esters is 1. The van der Waals surface area contributed by atoms with E-state index in [-0.39, 0.29) is 30.8 Å². The molecular formula is C19H18BrFN2O5. The van der Waals surface area contributed by atoms with Crippen LogP contribution in [-0.4, -0.2) is 34.9 Å². The van der Waals surface area contributed by atoms with Crippen molar-refractivity contribution in [2.45, 2.75) is 20.4 Å². The molecule has 0 radical (unpaired) electrons. The lowest BCUT2D eigenvalue weighted by molar-refractivity contribution is -0.384. The van der Waals surface area contributed by atoms with Crippen molar-refractivity contribution in [3.05, 3.63) is 73.5 Å². The van der Waals surface area contributed by atoms with E-state index >= 15 is 0 Å². The van der Waals surface area contributed by atoms with Crippen LogP contribution in [0.4, 0.5) is 10.1 Å². The standard InChI is InChI=1S/C19H18BrFN2O5/c1-3-22(11-14-8-15(20)5-6-17(14)21)18(24)12-7-13(19(25)28-4-2)10-16(9-12)23(26)27/h5-10H,3-4,11H2,1-2H3. The Hall–Kier alpha value is -2.81. The smallest absolute Gasteiger partial charge is 0.338 e. The zero-order chi connectivity index (χ0) is 20.8. The molecule has 0 aliphatic carbocycles. The summed E-state index contributed by atoms with van der Waals surface area (Å²) in [5.74, 6) is -1.79. The first kappa shape index (κ1) is 21.5. The van der Waals surface area contributed by atoms with Crippen LogP contribution in [0.1, 0.15) is 40.1 Å². The number of carbonyl (C=O) groups excluding carboxylic acids is 2. The number of non-ortho nitro benzene ring substituents is 1. The highest BCUT2D eigenvalue weighted by Crippen LogP contribution is 2.22. The van der Waals surface area contributed by atoms with Crippen LogP contribution < -0.4 is 0 Å². The molecule has 0 bridgehead atoms. The molecule has 0 aliphatic rings. The minimum Gasteiger partial charge on any atom is -0.462 e. The summed E-state index contributed by atoms with van der Waals surface area (Å²) >= 11 is 3.26. The Morgan fingerprint density at radius 2 is 1.86 bits per heavy atom. The lowest BCUT2D eigenvalue weighted by Gasteiger charge is -2.21. The van der Waals surface area contributed by atoms with Gasteiger partial charge in [0.15, 0.2) is 0 Å². The van der Waals surface area contributed by atoms with E-state index in [0.29, 0.717) is 10.0 Å². The second-order valence-corrected chi connectivity index (χ2v) is 6.72. The van der Waals surface area contributed by atoms with Crippen LogP contribution in [0.25, 0.3) is 0 Å². The van der Waals surface area contributed by atoms with Crippen molar-refractivity contribution in [1.82, 2.24) is 4.90 Å². The van der Waals surface area contributed by atoms with Crippen LogP contribution in [0.5, 0.6) is 0 Å². The molecule has 0 saturated heterocycles. The predicted molar refractivity (Wildman–Crippen MR) is 104 cm³/mol. The van der Waals surface area contributed by atoms with E-state index in [2.05, 4.69) is 15.9 Å². The average Bonchev–Trinajstić information content (AvgIpc) is 2.67. The Bertz CT molecular complexity index is 919. The number of nitro groups is 1. The molecule has 9 heteroatoms. The molecule has 0 unspecified atom stereocenters. The summed E-state index contributed by atoms with van der Waals surface area (Å²) in [6.07, 6.45) is 0. The van der Waals surface area contributed by atoms with E-state index in [0.717, 1.165) is 12.1 Å². The van der Waals surface area contributed by atoms with Gasteiger partial charge in [-0.3, -0.25) is 14.9 Å². The van der Waals surface area contributed by atoms with Gasteiger partial charge in [0.2, 0.25) is 0 Å². The second-order valence-electron chi connectivity index (χ2n) is 5.80. The maximum Gasteiger partial charge on any atom is 0.338 e. The zero-order valence-electron chi connectivity index (χ0n) is 15.3. The van der Waals surface area contributed by atoms with Gasteiger partial charge in [0.1, 0.15) is 5.82 Å². The highest BCUT2D eigenvalue weighted by Gasteiger charge is 2.22. The van der Waals surface area contributed by atoms with Crippen molar-refractivity contribution in [1.29, 1.82) is 0 Å². The molecular weight excluding hydrogens is 435 g/mol. The van der Waals surface area contributed by atoms with E-state index < -0.39 is 28.3 Å². The summed E-state index contributed by atoms with van der Waals surface area (Å²) in [6, 6.07) is 7.77. The molecule has 0 aliphatic heterocycles. The summed E-state index contributed by atoms with van der Waals surface area (Å²) < 4.78 is 19.6. The lowest BCUT2D eigenvalue weighted by Crippen LogP contribution is -2.31. The number of rotatable bonds is 7. The van der Waals surface area contributed by atoms with Gasteiger partial charge in [-0.05, 0) is 38.1 Å². The number of ether oxygens (including phenoxy) is 1. The number of amides is 1. The Morgan fingerprint density at radius 1 is 1.18 bits per heavy atom. The molecule has 2 aromatic rings. The highest BCUT2D eigenvalue weighted by atomic mass is 79.9. The fourth-order valence-electron chi connectivity index (χ4n) is 2.55. The summed E-state index contributed by atoms with van der Waals surface area (Å²) in [6.45, 7) is 3.61. The Kier molecular flexibility index (Phi) is 7.22. The highest BCUT2D eigenvalue weighted by molar-refractivity contribution is 9.10. The molecule has 1 amide bonds. The number of hydrogen-bond donors (Lipinski definition) is 0. The van der Waals surface area contributed by atoms with Crippen molar-refractivity contribution in [2.24, 2.45) is 0 Å². The number of carbonyl (C=O) groups is 2.